The second kappa shape index (κ2) is 8.13. The molecule has 6 heteroatoms. The van der Waals surface area contributed by atoms with E-state index in [1.807, 2.05) is 48.5 Å². The summed E-state index contributed by atoms with van der Waals surface area (Å²) in [5.41, 5.74) is 1.63. The minimum Gasteiger partial charge on any atom is -0.339 e. The molecule has 1 aromatic heterocycles. The highest BCUT2D eigenvalue weighted by Gasteiger charge is 2.24. The fraction of sp³-hybridized carbons (Fsp3) is 0.412. The lowest BCUT2D eigenvalue weighted by Gasteiger charge is -2.31. The molecule has 2 heterocycles. The minimum atomic E-state index is 0. The van der Waals surface area contributed by atoms with Crippen LogP contribution in [0.25, 0.3) is 5.69 Å². The van der Waals surface area contributed by atoms with Crippen molar-refractivity contribution < 1.29 is 4.79 Å². The predicted octanol–water partition coefficient (Wildman–Crippen LogP) is 2.37. The number of aromatic nitrogens is 2. The fourth-order valence-corrected chi connectivity index (χ4v) is 2.97. The number of nitrogens with one attached hydrogen (secondary N) is 1. The highest BCUT2D eigenvalue weighted by atomic mass is 35.5. The first-order valence-corrected chi connectivity index (χ1v) is 7.82. The number of carbonyl (C=O) groups is 1. The third-order valence-electron chi connectivity index (χ3n) is 4.24. The minimum absolute atomic E-state index is 0. The number of likely N-dealkylation sites (tertiary alicyclic amines) is 1. The Morgan fingerprint density at radius 1 is 1.26 bits per heavy atom. The van der Waals surface area contributed by atoms with Gasteiger partial charge in [0, 0.05) is 19.3 Å². The molecular formula is C17H23ClN4O. The van der Waals surface area contributed by atoms with Crippen LogP contribution in [0.4, 0.5) is 0 Å². The average Bonchev–Trinajstić information content (AvgIpc) is 3.06. The molecule has 0 unspecified atom stereocenters. The zero-order valence-corrected chi connectivity index (χ0v) is 14.1. The molecule has 1 saturated heterocycles. The van der Waals surface area contributed by atoms with Crippen LogP contribution in [0, 0.1) is 5.92 Å². The molecule has 23 heavy (non-hydrogen) atoms. The van der Waals surface area contributed by atoms with E-state index in [0.29, 0.717) is 11.5 Å². The van der Waals surface area contributed by atoms with E-state index in [4.69, 9.17) is 0 Å². The summed E-state index contributed by atoms with van der Waals surface area (Å²) in [6.07, 6.45) is 5.62. The summed E-state index contributed by atoms with van der Waals surface area (Å²) in [7, 11) is 1.98. The lowest BCUT2D eigenvalue weighted by Crippen LogP contribution is -2.40. The number of benzene rings is 1. The van der Waals surface area contributed by atoms with E-state index in [1.54, 1.807) is 10.9 Å². The van der Waals surface area contributed by atoms with Crippen molar-refractivity contribution in [1.29, 1.82) is 0 Å². The Morgan fingerprint density at radius 3 is 2.61 bits per heavy atom. The van der Waals surface area contributed by atoms with Crippen LogP contribution in [0.3, 0.4) is 0 Å². The van der Waals surface area contributed by atoms with Crippen molar-refractivity contribution >= 4 is 18.3 Å². The Hall–Kier alpha value is -1.85. The summed E-state index contributed by atoms with van der Waals surface area (Å²) in [5, 5.41) is 7.52. The highest BCUT2D eigenvalue weighted by molar-refractivity contribution is 5.93. The quantitative estimate of drug-likeness (QED) is 0.934. The van der Waals surface area contributed by atoms with Crippen molar-refractivity contribution in [1.82, 2.24) is 20.0 Å². The third kappa shape index (κ3) is 4.12. The van der Waals surface area contributed by atoms with Crippen LogP contribution in [0.5, 0.6) is 0 Å². The Bertz CT molecular complexity index is 621. The van der Waals surface area contributed by atoms with Crippen LogP contribution in [0.1, 0.15) is 23.2 Å². The molecule has 124 valence electrons. The first-order chi connectivity index (χ1) is 10.8. The summed E-state index contributed by atoms with van der Waals surface area (Å²) in [5.74, 6) is 0.770. The molecular weight excluding hydrogens is 312 g/mol. The smallest absolute Gasteiger partial charge is 0.257 e. The summed E-state index contributed by atoms with van der Waals surface area (Å²) in [4.78, 5) is 14.5. The molecule has 0 bridgehead atoms. The fourth-order valence-electron chi connectivity index (χ4n) is 2.97. The van der Waals surface area contributed by atoms with Gasteiger partial charge < -0.3 is 10.2 Å². The van der Waals surface area contributed by atoms with Gasteiger partial charge in [0.15, 0.2) is 0 Å². The number of para-hydroxylation sites is 1. The van der Waals surface area contributed by atoms with Crippen molar-refractivity contribution in [2.75, 3.05) is 26.7 Å². The first kappa shape index (κ1) is 17.5. The number of nitrogens with zero attached hydrogens (tertiary/aromatic N) is 3. The van der Waals surface area contributed by atoms with Gasteiger partial charge in [-0.05, 0) is 44.5 Å². The van der Waals surface area contributed by atoms with E-state index in [2.05, 4.69) is 10.4 Å². The summed E-state index contributed by atoms with van der Waals surface area (Å²) >= 11 is 0. The second-order valence-electron chi connectivity index (χ2n) is 5.80. The number of rotatable bonds is 4. The van der Waals surface area contributed by atoms with E-state index >= 15 is 0 Å². The van der Waals surface area contributed by atoms with Crippen molar-refractivity contribution in [2.45, 2.75) is 12.8 Å². The van der Waals surface area contributed by atoms with Crippen LogP contribution < -0.4 is 5.32 Å². The summed E-state index contributed by atoms with van der Waals surface area (Å²) in [6, 6.07) is 9.85. The van der Waals surface area contributed by atoms with Crippen molar-refractivity contribution in [3.63, 3.8) is 0 Å². The maximum atomic E-state index is 12.6. The number of carbonyl (C=O) groups excluding carboxylic acids is 1. The molecule has 0 atom stereocenters. The Morgan fingerprint density at radius 2 is 1.96 bits per heavy atom. The van der Waals surface area contributed by atoms with Crippen molar-refractivity contribution in [2.24, 2.45) is 5.92 Å². The molecule has 1 aliphatic heterocycles. The Balaban J connectivity index is 0.00000192. The van der Waals surface area contributed by atoms with Gasteiger partial charge in [-0.2, -0.15) is 5.10 Å². The molecule has 0 aliphatic carbocycles. The molecule has 1 amide bonds. The number of hydrogen-bond acceptors (Lipinski definition) is 3. The van der Waals surface area contributed by atoms with Crippen LogP contribution in [0.2, 0.25) is 0 Å². The molecule has 1 aliphatic rings. The van der Waals surface area contributed by atoms with Crippen molar-refractivity contribution in [3.05, 3.63) is 48.3 Å². The maximum Gasteiger partial charge on any atom is 0.257 e. The van der Waals surface area contributed by atoms with Gasteiger partial charge in [-0.15, -0.1) is 12.4 Å². The van der Waals surface area contributed by atoms with Gasteiger partial charge in [-0.3, -0.25) is 4.79 Å². The average molecular weight is 335 g/mol. The molecule has 0 spiro atoms. The normalized spacial score (nSPS) is 15.3. The van der Waals surface area contributed by atoms with Gasteiger partial charge in [0.2, 0.25) is 0 Å². The zero-order valence-electron chi connectivity index (χ0n) is 13.3. The van der Waals surface area contributed by atoms with Gasteiger partial charge in [-0.1, -0.05) is 18.2 Å². The summed E-state index contributed by atoms with van der Waals surface area (Å²) < 4.78 is 1.75. The number of hydrogen-bond donors (Lipinski definition) is 1. The molecule has 1 fully saturated rings. The topological polar surface area (TPSA) is 50.2 Å². The van der Waals surface area contributed by atoms with Gasteiger partial charge in [-0.25, -0.2) is 4.68 Å². The summed E-state index contributed by atoms with van der Waals surface area (Å²) in [6.45, 7) is 2.71. The molecule has 0 saturated carbocycles. The lowest BCUT2D eigenvalue weighted by molar-refractivity contribution is 0.0691. The van der Waals surface area contributed by atoms with Gasteiger partial charge in [0.25, 0.3) is 5.91 Å². The van der Waals surface area contributed by atoms with Gasteiger partial charge in [0.05, 0.1) is 17.4 Å². The first-order valence-electron chi connectivity index (χ1n) is 7.82. The van der Waals surface area contributed by atoms with E-state index in [9.17, 15) is 4.79 Å². The molecule has 5 nitrogen and oxygen atoms in total. The molecule has 0 radical (unpaired) electrons. The molecule has 1 N–H and O–H groups in total. The van der Waals surface area contributed by atoms with Crippen LogP contribution in [0.15, 0.2) is 42.7 Å². The van der Waals surface area contributed by atoms with Crippen LogP contribution >= 0.6 is 12.4 Å². The van der Waals surface area contributed by atoms with Crippen LogP contribution in [-0.4, -0.2) is 47.3 Å². The SMILES string of the molecule is CNCC1CCN(C(=O)c2cnn(-c3ccccc3)c2)CC1.Cl. The van der Waals surface area contributed by atoms with Crippen LogP contribution in [-0.2, 0) is 0 Å². The van der Waals surface area contributed by atoms with E-state index in [1.165, 1.54) is 0 Å². The standard InChI is InChI=1S/C17H22N4O.ClH/c1-18-11-14-7-9-20(10-8-14)17(22)15-12-19-21(13-15)16-5-3-2-4-6-16;/h2-6,12-14,18H,7-11H2,1H3;1H. The predicted molar refractivity (Wildman–Crippen MR) is 93.4 cm³/mol. The maximum absolute atomic E-state index is 12.6. The molecule has 3 rings (SSSR count). The van der Waals surface area contributed by atoms with E-state index in [-0.39, 0.29) is 18.3 Å². The lowest BCUT2D eigenvalue weighted by atomic mass is 9.96. The largest absolute Gasteiger partial charge is 0.339 e. The molecule has 2 aromatic rings. The number of halogens is 1. The van der Waals surface area contributed by atoms with Crippen molar-refractivity contribution in [3.8, 4) is 5.69 Å². The second-order valence-corrected chi connectivity index (χ2v) is 5.80. The van der Waals surface area contributed by atoms with E-state index < -0.39 is 0 Å². The Kier molecular flexibility index (Phi) is 6.19. The Labute approximate surface area is 143 Å². The zero-order chi connectivity index (χ0) is 15.4. The van der Waals surface area contributed by atoms with E-state index in [0.717, 1.165) is 38.2 Å². The third-order valence-corrected chi connectivity index (χ3v) is 4.24. The number of piperidine rings is 1. The van der Waals surface area contributed by atoms with Gasteiger partial charge >= 0.3 is 0 Å². The highest BCUT2D eigenvalue weighted by Crippen LogP contribution is 2.18. The monoisotopic (exact) mass is 334 g/mol. The van der Waals surface area contributed by atoms with Gasteiger partial charge in [0.1, 0.15) is 0 Å². The number of amides is 1. The molecule has 1 aromatic carbocycles.